The number of imidazole rings is 1. The third-order valence-corrected chi connectivity index (χ3v) is 16.8. The average Bonchev–Trinajstić information content (AvgIpc) is 3.82. The van der Waals surface area contributed by atoms with E-state index in [1.165, 1.54) is 18.9 Å². The summed E-state index contributed by atoms with van der Waals surface area (Å²) in [6, 6.07) is 3.47. The number of nitrogens with zero attached hydrogens (tertiary/aromatic N) is 4. The number of methoxy groups -OCH3 is 2. The standard InChI is InChI=1S/C49H78N4O13S/c1-15-34-49(10)36(40(45(58)66-49)67-21-17-20-53-25-51-32-18-16-19-50-43(32)53)28(4)37(54)26(2)23-48(9,60-14)42(65-46-38(55)33(52(11)12)22-27(3)61-46)29(5)39(30(6)44(57)63-34)64-35-24-47(8,59-13)41(56)31(7)62-35/h16,18-19,25-31,33-36,38-42,46,55-56H,15,17,20-24H2,1-14H3/t26-,27-,28?,29+,30-,31-,33+,34-,35+,36?,38-,39+,40?,41+,42-,46+,47-,48-,49-/m1/s1. The largest absolute Gasteiger partial charge is 0.458 e. The molecular weight excluding hydrogens is 885 g/mol. The van der Waals surface area contributed by atoms with Crippen LogP contribution in [0.4, 0.5) is 0 Å². The second-order valence-corrected chi connectivity index (χ2v) is 21.8. The number of thioether (sulfide) groups is 1. The summed E-state index contributed by atoms with van der Waals surface area (Å²) in [4.78, 5) is 55.1. The summed E-state index contributed by atoms with van der Waals surface area (Å²) < 4.78 is 53.7. The van der Waals surface area contributed by atoms with Gasteiger partial charge in [0.1, 0.15) is 34.9 Å². The molecule has 0 aromatic carbocycles. The molecule has 378 valence electrons. The normalized spacial score (nSPS) is 42.6. The minimum atomic E-state index is -1.37. The van der Waals surface area contributed by atoms with Gasteiger partial charge in [-0.1, -0.05) is 27.7 Å². The van der Waals surface area contributed by atoms with Crippen molar-refractivity contribution in [3.05, 3.63) is 24.7 Å². The number of aliphatic hydroxyl groups excluding tert-OH is 2. The molecule has 4 aliphatic heterocycles. The summed E-state index contributed by atoms with van der Waals surface area (Å²) in [5.74, 6) is -4.34. The minimum absolute atomic E-state index is 0.109. The fraction of sp³-hybridized carbons (Fsp3) is 0.816. The number of aliphatic hydroxyl groups is 2. The molecule has 6 heterocycles. The number of Topliss-reactive ketones (excluding diaryl/α,β-unsaturated/α-hetero) is 1. The second kappa shape index (κ2) is 21.7. The quantitative estimate of drug-likeness (QED) is 0.196. The number of esters is 2. The minimum Gasteiger partial charge on any atom is -0.458 e. The molecule has 0 aliphatic carbocycles. The van der Waals surface area contributed by atoms with Crippen molar-refractivity contribution in [2.45, 2.75) is 191 Å². The topological polar surface area (TPSA) is 199 Å². The highest BCUT2D eigenvalue weighted by atomic mass is 32.2. The van der Waals surface area contributed by atoms with Crippen molar-refractivity contribution >= 4 is 40.6 Å². The number of ether oxygens (including phenoxy) is 8. The van der Waals surface area contributed by atoms with E-state index in [2.05, 4.69) is 9.97 Å². The Morgan fingerprint density at radius 2 is 1.63 bits per heavy atom. The van der Waals surface area contributed by atoms with Crippen LogP contribution in [0.5, 0.6) is 0 Å². The first-order valence-corrected chi connectivity index (χ1v) is 25.2. The molecule has 0 spiro atoms. The lowest BCUT2D eigenvalue weighted by atomic mass is 9.70. The van der Waals surface area contributed by atoms with Gasteiger partial charge in [0.2, 0.25) is 0 Å². The number of ketones is 1. The van der Waals surface area contributed by atoms with E-state index in [9.17, 15) is 19.8 Å². The molecule has 19 atom stereocenters. The number of carbonyl (C=O) groups excluding carboxylic acids is 3. The Labute approximate surface area is 401 Å². The maximum absolute atomic E-state index is 15.1. The number of hydrogen-bond acceptors (Lipinski definition) is 17. The monoisotopic (exact) mass is 963 g/mol. The average molecular weight is 963 g/mol. The fourth-order valence-corrected chi connectivity index (χ4v) is 12.9. The van der Waals surface area contributed by atoms with Crippen molar-refractivity contribution in [1.29, 1.82) is 0 Å². The van der Waals surface area contributed by atoms with Gasteiger partial charge in [-0.3, -0.25) is 14.4 Å². The van der Waals surface area contributed by atoms with Crippen molar-refractivity contribution in [1.82, 2.24) is 19.4 Å². The summed E-state index contributed by atoms with van der Waals surface area (Å²) in [7, 11) is 6.88. The highest BCUT2D eigenvalue weighted by molar-refractivity contribution is 8.00. The van der Waals surface area contributed by atoms with Crippen LogP contribution in [0, 0.1) is 29.6 Å². The molecule has 0 amide bonds. The van der Waals surface area contributed by atoms with E-state index in [-0.39, 0.29) is 37.2 Å². The molecule has 2 aromatic heterocycles. The number of fused-ring (bicyclic) bond motifs is 2. The van der Waals surface area contributed by atoms with Crippen molar-refractivity contribution < 1.29 is 62.5 Å². The van der Waals surface area contributed by atoms with E-state index in [1.807, 2.05) is 77.2 Å². The molecule has 17 nitrogen and oxygen atoms in total. The summed E-state index contributed by atoms with van der Waals surface area (Å²) in [6.45, 7) is 18.9. The first-order valence-electron chi connectivity index (χ1n) is 24.1. The molecular formula is C49H78N4O13S. The predicted octanol–water partition coefficient (Wildman–Crippen LogP) is 5.20. The third kappa shape index (κ3) is 10.9. The summed E-state index contributed by atoms with van der Waals surface area (Å²) >= 11 is 1.45. The van der Waals surface area contributed by atoms with Gasteiger partial charge in [-0.15, -0.1) is 11.8 Å². The Bertz CT molecular complexity index is 2010. The Hall–Kier alpha value is -2.78. The highest BCUT2D eigenvalue weighted by Gasteiger charge is 2.62. The maximum Gasteiger partial charge on any atom is 0.320 e. The Morgan fingerprint density at radius 1 is 0.925 bits per heavy atom. The molecule has 0 radical (unpaired) electrons. The van der Waals surface area contributed by atoms with Gasteiger partial charge in [0.15, 0.2) is 23.8 Å². The van der Waals surface area contributed by atoms with E-state index in [4.69, 9.17) is 37.9 Å². The van der Waals surface area contributed by atoms with Gasteiger partial charge >= 0.3 is 11.9 Å². The number of pyridine rings is 1. The molecule has 2 aromatic rings. The Morgan fingerprint density at radius 3 is 2.28 bits per heavy atom. The number of likely N-dealkylation sites (N-methyl/N-ethyl adjacent to an activating group) is 1. The SMILES string of the molecule is CC[C@H]1OC(=O)[C@H](C)[C@@H](O[C@H]2C[C@@](C)(OC)[C@@H](O)[C@@H](C)O2)[C@H](C)[C@@H](O[C@@H]2O[C@H](C)C[C@H](N(C)C)[C@H]2O)[C@](C)(OC)C[C@@H](C)C(=O)C(C)C2C(SCCCn3cnc4cccnc43)C(=O)O[C@@]21C. The van der Waals surface area contributed by atoms with Crippen LogP contribution in [0.1, 0.15) is 101 Å². The zero-order chi connectivity index (χ0) is 49.3. The number of aryl methyl sites for hydroxylation is 1. The molecule has 18 heteroatoms. The lowest BCUT2D eigenvalue weighted by Gasteiger charge is -2.50. The van der Waals surface area contributed by atoms with Crippen LogP contribution >= 0.6 is 11.8 Å². The maximum atomic E-state index is 15.1. The Balaban J connectivity index is 1.39. The predicted molar refractivity (Wildman–Crippen MR) is 251 cm³/mol. The van der Waals surface area contributed by atoms with Crippen molar-refractivity contribution in [3.63, 3.8) is 0 Å². The number of cyclic esters (lactones) is 1. The first-order chi connectivity index (χ1) is 31.5. The van der Waals surface area contributed by atoms with Crippen molar-refractivity contribution in [2.75, 3.05) is 34.1 Å². The van der Waals surface area contributed by atoms with Gasteiger partial charge in [0, 0.05) is 63.1 Å². The second-order valence-electron chi connectivity index (χ2n) is 20.5. The van der Waals surface area contributed by atoms with Crippen molar-refractivity contribution in [2.24, 2.45) is 29.6 Å². The summed E-state index contributed by atoms with van der Waals surface area (Å²) in [6.07, 6.45) is -2.61. The van der Waals surface area contributed by atoms with Gasteiger partial charge in [-0.05, 0) is 99.2 Å². The molecule has 0 saturated carbocycles. The van der Waals surface area contributed by atoms with Crippen LogP contribution in [0.2, 0.25) is 0 Å². The number of rotatable bonds is 13. The van der Waals surface area contributed by atoms with Gasteiger partial charge in [0.25, 0.3) is 0 Å². The van der Waals surface area contributed by atoms with Gasteiger partial charge in [0.05, 0.1) is 47.9 Å². The number of carbonyl (C=O) groups is 3. The molecule has 4 aliphatic rings. The van der Waals surface area contributed by atoms with Crippen LogP contribution in [-0.4, -0.2) is 165 Å². The zero-order valence-electron chi connectivity index (χ0n) is 42.1. The molecule has 67 heavy (non-hydrogen) atoms. The van der Waals surface area contributed by atoms with Crippen LogP contribution < -0.4 is 0 Å². The summed E-state index contributed by atoms with van der Waals surface area (Å²) in [5.41, 5.74) is -2.08. The lowest BCUT2D eigenvalue weighted by Crippen LogP contribution is -2.61. The lowest BCUT2D eigenvalue weighted by molar-refractivity contribution is -0.319. The Kier molecular flexibility index (Phi) is 17.3. The van der Waals surface area contributed by atoms with E-state index >= 15 is 4.79 Å². The molecule has 0 bridgehead atoms. The fourth-order valence-electron chi connectivity index (χ4n) is 11.4. The van der Waals surface area contributed by atoms with E-state index in [0.717, 1.165) is 11.2 Å². The van der Waals surface area contributed by atoms with Crippen LogP contribution in [-0.2, 0) is 58.8 Å². The van der Waals surface area contributed by atoms with E-state index in [0.29, 0.717) is 25.1 Å². The number of hydrogen-bond donors (Lipinski definition) is 2. The molecule has 2 N–H and O–H groups in total. The van der Waals surface area contributed by atoms with Crippen LogP contribution in [0.25, 0.3) is 11.2 Å². The highest BCUT2D eigenvalue weighted by Crippen LogP contribution is 2.49. The molecule has 4 fully saturated rings. The number of aromatic nitrogens is 3. The molecule has 4 saturated heterocycles. The molecule has 6 rings (SSSR count). The van der Waals surface area contributed by atoms with Gasteiger partial charge in [-0.25, -0.2) is 9.97 Å². The van der Waals surface area contributed by atoms with Crippen LogP contribution in [0.15, 0.2) is 24.7 Å². The van der Waals surface area contributed by atoms with Gasteiger partial charge < -0.3 is 57.6 Å². The smallest absolute Gasteiger partial charge is 0.320 e. The van der Waals surface area contributed by atoms with E-state index in [1.54, 1.807) is 47.3 Å². The van der Waals surface area contributed by atoms with Crippen LogP contribution in [0.3, 0.4) is 0 Å². The molecule has 3 unspecified atom stereocenters. The van der Waals surface area contributed by atoms with Gasteiger partial charge in [-0.2, -0.15) is 0 Å². The van der Waals surface area contributed by atoms with Crippen molar-refractivity contribution in [3.8, 4) is 0 Å². The summed E-state index contributed by atoms with van der Waals surface area (Å²) in [5, 5.41) is 22.2. The van der Waals surface area contributed by atoms with E-state index < -0.39 is 113 Å². The zero-order valence-corrected chi connectivity index (χ0v) is 42.9. The first kappa shape index (κ1) is 53.6. The third-order valence-electron chi connectivity index (χ3n) is 15.5.